The number of benzene rings is 1. The molecule has 1 unspecified atom stereocenters. The number of carbonyl (C=O) groups is 1. The molecular weight excluding hydrogens is 198 g/mol. The molecule has 0 saturated carbocycles. The topological polar surface area (TPSA) is 29.1 Å². The van der Waals surface area contributed by atoms with Crippen LogP contribution < -0.4 is 5.32 Å². The molecule has 0 aromatic heterocycles. The second kappa shape index (κ2) is 6.31. The van der Waals surface area contributed by atoms with Crippen molar-refractivity contribution in [3.05, 3.63) is 29.8 Å². The molecule has 1 atom stereocenters. The van der Waals surface area contributed by atoms with E-state index in [1.165, 1.54) is 5.56 Å². The summed E-state index contributed by atoms with van der Waals surface area (Å²) < 4.78 is 0. The van der Waals surface area contributed by atoms with Gasteiger partial charge in [0.2, 0.25) is 5.91 Å². The minimum atomic E-state index is 0.0890. The van der Waals surface area contributed by atoms with Gasteiger partial charge in [-0.15, -0.1) is 0 Å². The van der Waals surface area contributed by atoms with Crippen LogP contribution in [0.5, 0.6) is 0 Å². The molecule has 2 nitrogen and oxygen atoms in total. The summed E-state index contributed by atoms with van der Waals surface area (Å²) in [4.78, 5) is 11.6. The zero-order valence-electron chi connectivity index (χ0n) is 10.4. The minimum absolute atomic E-state index is 0.0890. The summed E-state index contributed by atoms with van der Waals surface area (Å²) >= 11 is 0. The SMILES string of the molecule is CC.CCCCC1C(=O)Nc2ccccc21. The molecule has 2 rings (SSSR count). The smallest absolute Gasteiger partial charge is 0.232 e. The molecule has 1 aliphatic heterocycles. The lowest BCUT2D eigenvalue weighted by molar-refractivity contribution is -0.117. The first-order chi connectivity index (χ1) is 7.83. The van der Waals surface area contributed by atoms with E-state index in [0.717, 1.165) is 24.9 Å². The predicted octanol–water partition coefficient (Wildman–Crippen LogP) is 3.94. The first-order valence-corrected chi connectivity index (χ1v) is 6.22. The van der Waals surface area contributed by atoms with Crippen molar-refractivity contribution in [1.82, 2.24) is 0 Å². The maximum Gasteiger partial charge on any atom is 0.232 e. The molecule has 0 spiro atoms. The number of amides is 1. The minimum Gasteiger partial charge on any atom is -0.325 e. The van der Waals surface area contributed by atoms with Crippen LogP contribution in [0.15, 0.2) is 24.3 Å². The molecule has 1 heterocycles. The van der Waals surface area contributed by atoms with Crippen LogP contribution in [0.25, 0.3) is 0 Å². The summed E-state index contributed by atoms with van der Waals surface area (Å²) in [6.45, 7) is 6.15. The number of nitrogens with one attached hydrogen (secondary N) is 1. The van der Waals surface area contributed by atoms with Gasteiger partial charge in [0.25, 0.3) is 0 Å². The Morgan fingerprint density at radius 1 is 1.25 bits per heavy atom. The summed E-state index contributed by atoms with van der Waals surface area (Å²) in [5, 5.41) is 2.92. The predicted molar refractivity (Wildman–Crippen MR) is 68.7 cm³/mol. The van der Waals surface area contributed by atoms with Crippen LogP contribution in [0.4, 0.5) is 5.69 Å². The number of unbranched alkanes of at least 4 members (excludes halogenated alkanes) is 1. The number of hydrogen-bond acceptors (Lipinski definition) is 1. The van der Waals surface area contributed by atoms with Gasteiger partial charge in [-0.05, 0) is 18.1 Å². The Bertz CT molecular complexity index is 346. The maximum atomic E-state index is 11.6. The van der Waals surface area contributed by atoms with Crippen LogP contribution >= 0.6 is 0 Å². The Morgan fingerprint density at radius 2 is 1.94 bits per heavy atom. The molecule has 1 aromatic carbocycles. The second-order valence-corrected chi connectivity index (χ2v) is 3.77. The number of carbonyl (C=O) groups excluding carboxylic acids is 1. The van der Waals surface area contributed by atoms with E-state index < -0.39 is 0 Å². The molecule has 2 heteroatoms. The molecule has 0 aliphatic carbocycles. The average molecular weight is 219 g/mol. The zero-order chi connectivity index (χ0) is 12.0. The van der Waals surface area contributed by atoms with Crippen molar-refractivity contribution < 1.29 is 4.79 Å². The van der Waals surface area contributed by atoms with Crippen molar-refractivity contribution in [2.45, 2.75) is 46.0 Å². The quantitative estimate of drug-likeness (QED) is 0.819. The van der Waals surface area contributed by atoms with Gasteiger partial charge in [0, 0.05) is 5.69 Å². The van der Waals surface area contributed by atoms with Gasteiger partial charge < -0.3 is 5.32 Å². The molecule has 1 amide bonds. The van der Waals surface area contributed by atoms with Gasteiger partial charge in [-0.25, -0.2) is 0 Å². The maximum absolute atomic E-state index is 11.6. The Morgan fingerprint density at radius 3 is 2.62 bits per heavy atom. The molecule has 0 fully saturated rings. The van der Waals surface area contributed by atoms with Crippen molar-refractivity contribution in [3.8, 4) is 0 Å². The third-order valence-electron chi connectivity index (χ3n) is 2.76. The van der Waals surface area contributed by atoms with Crippen molar-refractivity contribution >= 4 is 11.6 Å². The first kappa shape index (κ1) is 12.8. The van der Waals surface area contributed by atoms with E-state index >= 15 is 0 Å². The van der Waals surface area contributed by atoms with Gasteiger partial charge in [0.1, 0.15) is 0 Å². The van der Waals surface area contributed by atoms with Crippen molar-refractivity contribution in [2.24, 2.45) is 0 Å². The second-order valence-electron chi connectivity index (χ2n) is 3.77. The Hall–Kier alpha value is -1.31. The van der Waals surface area contributed by atoms with Gasteiger partial charge >= 0.3 is 0 Å². The van der Waals surface area contributed by atoms with Crippen molar-refractivity contribution in [1.29, 1.82) is 0 Å². The zero-order valence-corrected chi connectivity index (χ0v) is 10.4. The number of rotatable bonds is 3. The highest BCUT2D eigenvalue weighted by Crippen LogP contribution is 2.35. The molecule has 0 bridgehead atoms. The van der Waals surface area contributed by atoms with Gasteiger partial charge in [0.05, 0.1) is 5.92 Å². The summed E-state index contributed by atoms with van der Waals surface area (Å²) in [6.07, 6.45) is 3.23. The fraction of sp³-hybridized carbons (Fsp3) is 0.500. The summed E-state index contributed by atoms with van der Waals surface area (Å²) in [5.74, 6) is 0.255. The number of hydrogen-bond donors (Lipinski definition) is 1. The van der Waals surface area contributed by atoms with Crippen molar-refractivity contribution in [2.75, 3.05) is 5.32 Å². The monoisotopic (exact) mass is 219 g/mol. The van der Waals surface area contributed by atoms with Crippen LogP contribution in [0.1, 0.15) is 51.5 Å². The fourth-order valence-corrected chi connectivity index (χ4v) is 1.97. The number of para-hydroxylation sites is 1. The van der Waals surface area contributed by atoms with E-state index in [-0.39, 0.29) is 11.8 Å². The largest absolute Gasteiger partial charge is 0.325 e. The molecule has 1 aliphatic rings. The van der Waals surface area contributed by atoms with Crippen LogP contribution in [-0.2, 0) is 4.79 Å². The molecular formula is C14H21NO. The van der Waals surface area contributed by atoms with E-state index in [9.17, 15) is 4.79 Å². The highest BCUT2D eigenvalue weighted by molar-refractivity contribution is 6.02. The Balaban J connectivity index is 0.000000606. The first-order valence-electron chi connectivity index (χ1n) is 6.22. The van der Waals surface area contributed by atoms with Gasteiger partial charge in [0.15, 0.2) is 0 Å². The normalized spacial score (nSPS) is 17.2. The lowest BCUT2D eigenvalue weighted by Crippen LogP contribution is -2.11. The van der Waals surface area contributed by atoms with Crippen LogP contribution in [0, 0.1) is 0 Å². The van der Waals surface area contributed by atoms with Crippen molar-refractivity contribution in [3.63, 3.8) is 0 Å². The lowest BCUT2D eigenvalue weighted by Gasteiger charge is -2.06. The van der Waals surface area contributed by atoms with E-state index in [4.69, 9.17) is 0 Å². The van der Waals surface area contributed by atoms with E-state index in [0.29, 0.717) is 0 Å². The molecule has 0 radical (unpaired) electrons. The van der Waals surface area contributed by atoms with Crippen LogP contribution in [-0.4, -0.2) is 5.91 Å². The molecule has 0 saturated heterocycles. The van der Waals surface area contributed by atoms with E-state index in [1.54, 1.807) is 0 Å². The van der Waals surface area contributed by atoms with Crippen LogP contribution in [0.2, 0.25) is 0 Å². The molecule has 88 valence electrons. The lowest BCUT2D eigenvalue weighted by atomic mass is 9.95. The van der Waals surface area contributed by atoms with Gasteiger partial charge in [-0.2, -0.15) is 0 Å². The van der Waals surface area contributed by atoms with Gasteiger partial charge in [-0.1, -0.05) is 51.8 Å². The molecule has 1 N–H and O–H groups in total. The third-order valence-corrected chi connectivity index (χ3v) is 2.76. The molecule has 16 heavy (non-hydrogen) atoms. The van der Waals surface area contributed by atoms with E-state index in [2.05, 4.69) is 12.2 Å². The van der Waals surface area contributed by atoms with Crippen LogP contribution in [0.3, 0.4) is 0 Å². The highest BCUT2D eigenvalue weighted by atomic mass is 16.2. The van der Waals surface area contributed by atoms with E-state index in [1.807, 2.05) is 38.1 Å². The number of fused-ring (bicyclic) bond motifs is 1. The standard InChI is InChI=1S/C12H15NO.C2H6/c1-2-3-6-10-9-7-4-5-8-11(9)13-12(10)14;1-2/h4-5,7-8,10H,2-3,6H2,1H3,(H,13,14);1-2H3. The third kappa shape index (κ3) is 2.63. The number of anilines is 1. The summed E-state index contributed by atoms with van der Waals surface area (Å²) in [7, 11) is 0. The average Bonchev–Trinajstić information content (AvgIpc) is 2.65. The van der Waals surface area contributed by atoms with Gasteiger partial charge in [-0.3, -0.25) is 4.79 Å². The Labute approximate surface area is 98.1 Å². The summed E-state index contributed by atoms with van der Waals surface area (Å²) in [5.41, 5.74) is 2.17. The Kier molecular flexibility index (Phi) is 5.03. The highest BCUT2D eigenvalue weighted by Gasteiger charge is 2.28. The summed E-state index contributed by atoms with van der Waals surface area (Å²) in [6, 6.07) is 7.98. The molecule has 1 aromatic rings. The fourth-order valence-electron chi connectivity index (χ4n) is 1.97.